The molecule has 3 atom stereocenters. The number of carboxylic acids is 1. The zero-order valence-corrected chi connectivity index (χ0v) is 19.0. The van der Waals surface area contributed by atoms with E-state index in [2.05, 4.69) is 5.32 Å². The Bertz CT molecular complexity index is 1000. The van der Waals surface area contributed by atoms with Crippen molar-refractivity contribution in [3.05, 3.63) is 59.7 Å². The largest absolute Gasteiger partial charge is 0.480 e. The molecule has 0 aromatic heterocycles. The molecule has 34 heavy (non-hydrogen) atoms. The topological polar surface area (TPSA) is 105 Å². The number of carbonyl (C=O) groups is 3. The van der Waals surface area contributed by atoms with Crippen LogP contribution in [0, 0.1) is 5.92 Å². The molecule has 2 amide bonds. The molecule has 3 N–H and O–H groups in total. The number of aliphatic carboxylic acids is 1. The number of fused-ring (bicyclic) bond motifs is 3. The van der Waals surface area contributed by atoms with Crippen molar-refractivity contribution >= 4 is 18.0 Å². The highest BCUT2D eigenvalue weighted by Crippen LogP contribution is 2.44. The molecule has 0 fully saturated rings. The van der Waals surface area contributed by atoms with E-state index in [0.717, 1.165) is 22.3 Å². The number of carboxylic acid groups (broad SMARTS) is 1. The van der Waals surface area contributed by atoms with Gasteiger partial charge in [0.25, 0.3) is 6.43 Å². The Morgan fingerprint density at radius 2 is 1.56 bits per heavy atom. The number of hydrogen-bond donors (Lipinski definition) is 3. The van der Waals surface area contributed by atoms with Gasteiger partial charge in [-0.1, -0.05) is 68.8 Å². The predicted molar refractivity (Wildman–Crippen MR) is 122 cm³/mol. The first-order chi connectivity index (χ1) is 16.2. The van der Waals surface area contributed by atoms with Gasteiger partial charge in [-0.25, -0.2) is 18.4 Å². The molecular formula is C25H28F2N2O5. The summed E-state index contributed by atoms with van der Waals surface area (Å²) in [4.78, 5) is 35.9. The zero-order valence-electron chi connectivity index (χ0n) is 19.0. The van der Waals surface area contributed by atoms with Crippen molar-refractivity contribution in [1.82, 2.24) is 10.6 Å². The Morgan fingerprint density at radius 1 is 1.00 bits per heavy atom. The summed E-state index contributed by atoms with van der Waals surface area (Å²) in [6.45, 7) is 3.34. The van der Waals surface area contributed by atoms with Crippen molar-refractivity contribution < 1.29 is 33.0 Å². The standard InChI is InChI=1S/C25H28F2N2O5/c1-3-14(2)22(24(31)32)29-21(30)12-20(23(26)27)28-25(33)34-13-19-17-10-6-4-8-15(17)16-9-5-7-11-18(16)19/h4-11,14,19-20,22-23H,3,12-13H2,1-2H3,(H,28,33)(H,29,30)(H,31,32)/t14?,20?,22-/m0/s1. The van der Waals surface area contributed by atoms with Gasteiger partial charge in [-0.3, -0.25) is 4.79 Å². The Kier molecular flexibility index (Phi) is 8.20. The second-order valence-corrected chi connectivity index (χ2v) is 8.38. The fourth-order valence-corrected chi connectivity index (χ4v) is 4.11. The van der Waals surface area contributed by atoms with Crippen LogP contribution in [0.2, 0.25) is 0 Å². The quantitative estimate of drug-likeness (QED) is 0.480. The summed E-state index contributed by atoms with van der Waals surface area (Å²) in [5, 5.41) is 13.6. The van der Waals surface area contributed by atoms with E-state index >= 15 is 0 Å². The van der Waals surface area contributed by atoms with Gasteiger partial charge in [0.05, 0.1) is 6.42 Å². The van der Waals surface area contributed by atoms with Crippen LogP contribution in [0.3, 0.4) is 0 Å². The normalized spacial score (nSPS) is 15.1. The van der Waals surface area contributed by atoms with Gasteiger partial charge in [0, 0.05) is 5.92 Å². The van der Waals surface area contributed by atoms with E-state index in [1.807, 2.05) is 53.8 Å². The van der Waals surface area contributed by atoms with E-state index in [4.69, 9.17) is 4.74 Å². The van der Waals surface area contributed by atoms with Gasteiger partial charge in [-0.15, -0.1) is 0 Å². The van der Waals surface area contributed by atoms with Crippen LogP contribution in [0.15, 0.2) is 48.5 Å². The highest BCUT2D eigenvalue weighted by atomic mass is 19.3. The number of nitrogens with one attached hydrogen (secondary N) is 2. The van der Waals surface area contributed by atoms with Gasteiger partial charge in [-0.2, -0.15) is 0 Å². The lowest BCUT2D eigenvalue weighted by atomic mass is 9.98. The molecule has 2 aromatic carbocycles. The molecule has 0 heterocycles. The van der Waals surface area contributed by atoms with E-state index in [1.165, 1.54) is 0 Å². The van der Waals surface area contributed by atoms with Gasteiger partial charge in [0.2, 0.25) is 5.91 Å². The summed E-state index contributed by atoms with van der Waals surface area (Å²) < 4.78 is 32.3. The van der Waals surface area contributed by atoms with Gasteiger partial charge in [0.15, 0.2) is 0 Å². The summed E-state index contributed by atoms with van der Waals surface area (Å²) in [6, 6.07) is 12.4. The van der Waals surface area contributed by atoms with E-state index in [1.54, 1.807) is 13.8 Å². The van der Waals surface area contributed by atoms with Crippen molar-refractivity contribution in [2.75, 3.05) is 6.61 Å². The van der Waals surface area contributed by atoms with Crippen LogP contribution in [0.25, 0.3) is 11.1 Å². The number of hydrogen-bond acceptors (Lipinski definition) is 4. The molecule has 7 nitrogen and oxygen atoms in total. The Labute approximate surface area is 196 Å². The predicted octanol–water partition coefficient (Wildman–Crippen LogP) is 4.16. The smallest absolute Gasteiger partial charge is 0.407 e. The Balaban J connectivity index is 1.60. The molecule has 0 saturated carbocycles. The van der Waals surface area contributed by atoms with Crippen molar-refractivity contribution in [2.45, 2.75) is 51.1 Å². The zero-order chi connectivity index (χ0) is 24.8. The highest BCUT2D eigenvalue weighted by molar-refractivity contribution is 5.84. The number of carbonyl (C=O) groups excluding carboxylic acids is 2. The molecule has 0 radical (unpaired) electrons. The first kappa shape index (κ1) is 25.1. The van der Waals surface area contributed by atoms with Crippen LogP contribution >= 0.6 is 0 Å². The molecule has 0 saturated heterocycles. The summed E-state index contributed by atoms with van der Waals surface area (Å²) in [5.41, 5.74) is 4.02. The number of rotatable bonds is 10. The molecule has 0 spiro atoms. The third kappa shape index (κ3) is 5.70. The van der Waals surface area contributed by atoms with E-state index in [0.29, 0.717) is 6.42 Å². The lowest BCUT2D eigenvalue weighted by molar-refractivity contribution is -0.143. The number of alkyl halides is 2. The number of halogens is 2. The van der Waals surface area contributed by atoms with Crippen LogP contribution in [-0.2, 0) is 14.3 Å². The van der Waals surface area contributed by atoms with Crippen molar-refractivity contribution in [3.8, 4) is 11.1 Å². The number of benzene rings is 2. The molecule has 3 rings (SSSR count). The third-order valence-corrected chi connectivity index (χ3v) is 6.15. The Morgan fingerprint density at radius 3 is 2.06 bits per heavy atom. The van der Waals surface area contributed by atoms with E-state index < -0.39 is 42.9 Å². The maximum absolute atomic E-state index is 13.5. The molecule has 9 heteroatoms. The summed E-state index contributed by atoms with van der Waals surface area (Å²) in [7, 11) is 0. The first-order valence-electron chi connectivity index (χ1n) is 11.1. The van der Waals surface area contributed by atoms with Crippen molar-refractivity contribution in [1.29, 1.82) is 0 Å². The summed E-state index contributed by atoms with van der Waals surface area (Å²) in [5.74, 6) is -2.77. The maximum Gasteiger partial charge on any atom is 0.407 e. The van der Waals surface area contributed by atoms with Gasteiger partial charge in [-0.05, 0) is 28.2 Å². The lowest BCUT2D eigenvalue weighted by Gasteiger charge is -2.22. The lowest BCUT2D eigenvalue weighted by Crippen LogP contribution is -2.49. The minimum atomic E-state index is -3.04. The maximum atomic E-state index is 13.5. The minimum Gasteiger partial charge on any atom is -0.480 e. The van der Waals surface area contributed by atoms with E-state index in [9.17, 15) is 28.3 Å². The molecular weight excluding hydrogens is 446 g/mol. The van der Waals surface area contributed by atoms with Crippen LogP contribution in [0.5, 0.6) is 0 Å². The van der Waals surface area contributed by atoms with Gasteiger partial charge >= 0.3 is 12.1 Å². The molecule has 0 aliphatic heterocycles. The van der Waals surface area contributed by atoms with E-state index in [-0.39, 0.29) is 18.4 Å². The summed E-state index contributed by atoms with van der Waals surface area (Å²) in [6.07, 6.45) is -4.41. The summed E-state index contributed by atoms with van der Waals surface area (Å²) >= 11 is 0. The SMILES string of the molecule is CCC(C)[C@H](NC(=O)CC(NC(=O)OCC1c2ccccc2-c2ccccc21)C(F)F)C(=O)O. The Hall–Kier alpha value is -3.49. The van der Waals surface area contributed by atoms with Crippen LogP contribution in [0.4, 0.5) is 13.6 Å². The van der Waals surface area contributed by atoms with Crippen molar-refractivity contribution in [2.24, 2.45) is 5.92 Å². The van der Waals surface area contributed by atoms with Gasteiger partial charge in [0.1, 0.15) is 18.7 Å². The van der Waals surface area contributed by atoms with Gasteiger partial charge < -0.3 is 20.5 Å². The average molecular weight is 475 g/mol. The molecule has 2 unspecified atom stereocenters. The number of amides is 2. The van der Waals surface area contributed by atoms with Crippen molar-refractivity contribution in [3.63, 3.8) is 0 Å². The molecule has 2 aromatic rings. The number of alkyl carbamates (subject to hydrolysis) is 1. The number of ether oxygens (including phenoxy) is 1. The third-order valence-electron chi connectivity index (χ3n) is 6.15. The second-order valence-electron chi connectivity index (χ2n) is 8.38. The van der Waals surface area contributed by atoms with Crippen LogP contribution in [-0.4, -0.2) is 48.2 Å². The van der Waals surface area contributed by atoms with Crippen LogP contribution < -0.4 is 10.6 Å². The fourth-order valence-electron chi connectivity index (χ4n) is 4.11. The first-order valence-corrected chi connectivity index (χ1v) is 11.1. The molecule has 1 aliphatic rings. The monoisotopic (exact) mass is 474 g/mol. The molecule has 182 valence electrons. The second kappa shape index (κ2) is 11.1. The highest BCUT2D eigenvalue weighted by Gasteiger charge is 2.32. The average Bonchev–Trinajstić information content (AvgIpc) is 3.13. The molecule has 1 aliphatic carbocycles. The fraction of sp³-hybridized carbons (Fsp3) is 0.400. The molecule has 0 bridgehead atoms. The van der Waals surface area contributed by atoms with Crippen LogP contribution in [0.1, 0.15) is 43.7 Å². The minimum absolute atomic E-state index is 0.0584.